The molecule has 2 unspecified atom stereocenters. The Kier molecular flexibility index (Phi) is 12.0. The summed E-state index contributed by atoms with van der Waals surface area (Å²) in [5.41, 5.74) is 1.05. The van der Waals surface area contributed by atoms with Crippen LogP contribution in [0.3, 0.4) is 0 Å². The molecule has 1 heterocycles. The van der Waals surface area contributed by atoms with Gasteiger partial charge in [-0.2, -0.15) is 0 Å². The average molecular weight is 539 g/mol. The van der Waals surface area contributed by atoms with Gasteiger partial charge in [0.05, 0.1) is 25.7 Å². The molecule has 0 spiro atoms. The molecule has 3 rings (SSSR count). The first kappa shape index (κ1) is 30.4. The molecule has 0 saturated carbocycles. The topological polar surface area (TPSA) is 80.7 Å². The fourth-order valence-electron chi connectivity index (χ4n) is 4.78. The summed E-state index contributed by atoms with van der Waals surface area (Å²) in [5.74, 6) is 0.756. The van der Waals surface area contributed by atoms with Crippen molar-refractivity contribution in [3.05, 3.63) is 54.1 Å². The average Bonchev–Trinajstić information content (AvgIpc) is 3.31. The number of rotatable bonds is 16. The number of ether oxygens (including phenoxy) is 1. The second kappa shape index (κ2) is 15.4. The number of amidine groups is 1. The van der Waals surface area contributed by atoms with Gasteiger partial charge in [-0.25, -0.2) is 0 Å². The molecule has 1 aliphatic carbocycles. The highest BCUT2D eigenvalue weighted by atomic mass is 16.5. The SMILES string of the molecule is CCCCN(C)CCN(CC)CCNC(=O)CN(C)C(=O)C1=NC2C=CC=CC2N1Cc1ccc(OC)cc1. The zero-order valence-corrected chi connectivity index (χ0v) is 24.3. The number of methoxy groups -OCH3 is 1. The molecule has 0 saturated heterocycles. The minimum Gasteiger partial charge on any atom is -0.497 e. The van der Waals surface area contributed by atoms with Gasteiger partial charge >= 0.3 is 0 Å². The van der Waals surface area contributed by atoms with E-state index in [1.807, 2.05) is 47.4 Å². The first-order valence-electron chi connectivity index (χ1n) is 14.1. The van der Waals surface area contributed by atoms with E-state index >= 15 is 0 Å². The lowest BCUT2D eigenvalue weighted by Gasteiger charge is -2.29. The van der Waals surface area contributed by atoms with Crippen LogP contribution in [0.5, 0.6) is 5.75 Å². The first-order valence-corrected chi connectivity index (χ1v) is 14.1. The van der Waals surface area contributed by atoms with E-state index in [0.717, 1.165) is 44.0 Å². The molecule has 0 radical (unpaired) electrons. The molecule has 214 valence electrons. The number of carbonyl (C=O) groups is 2. The third-order valence-electron chi connectivity index (χ3n) is 7.30. The first-order chi connectivity index (χ1) is 18.9. The Labute approximate surface area is 234 Å². The van der Waals surface area contributed by atoms with E-state index in [1.165, 1.54) is 17.7 Å². The third-order valence-corrected chi connectivity index (χ3v) is 7.30. The fourth-order valence-corrected chi connectivity index (χ4v) is 4.78. The second-order valence-electron chi connectivity index (χ2n) is 10.3. The lowest BCUT2D eigenvalue weighted by molar-refractivity contribution is -0.130. The standard InChI is InChI=1S/C30H46N6O3/c1-6-8-18-33(3)20-21-35(7-2)19-17-31-28(37)23-34(4)30(38)29-32-26-11-9-10-12-27(26)36(29)22-24-13-15-25(39-5)16-14-24/h9-16,26-27H,6-8,17-23H2,1-5H3,(H,31,37). The number of benzene rings is 1. The van der Waals surface area contributed by atoms with Crippen molar-refractivity contribution in [3.63, 3.8) is 0 Å². The van der Waals surface area contributed by atoms with E-state index in [2.05, 4.69) is 42.1 Å². The molecule has 2 aliphatic rings. The monoisotopic (exact) mass is 538 g/mol. The van der Waals surface area contributed by atoms with Crippen molar-refractivity contribution in [3.8, 4) is 5.75 Å². The largest absolute Gasteiger partial charge is 0.497 e. The van der Waals surface area contributed by atoms with Crippen LogP contribution < -0.4 is 10.1 Å². The Morgan fingerprint density at radius 3 is 2.46 bits per heavy atom. The minimum atomic E-state index is -0.250. The van der Waals surface area contributed by atoms with Crippen LogP contribution in [0.1, 0.15) is 32.3 Å². The van der Waals surface area contributed by atoms with Crippen molar-refractivity contribution in [2.75, 3.05) is 67.0 Å². The van der Waals surface area contributed by atoms with E-state index in [0.29, 0.717) is 18.9 Å². The molecule has 0 bridgehead atoms. The minimum absolute atomic E-state index is 0.0128. The number of amides is 2. The molecular formula is C30H46N6O3. The highest BCUT2D eigenvalue weighted by Crippen LogP contribution is 2.26. The third kappa shape index (κ3) is 8.93. The van der Waals surface area contributed by atoms with Crippen LogP contribution in [0, 0.1) is 0 Å². The van der Waals surface area contributed by atoms with Crippen LogP contribution in [-0.4, -0.2) is 116 Å². The highest BCUT2D eigenvalue weighted by molar-refractivity contribution is 6.38. The van der Waals surface area contributed by atoms with Crippen LogP contribution in [0.4, 0.5) is 0 Å². The number of likely N-dealkylation sites (N-methyl/N-ethyl adjacent to an activating group) is 3. The van der Waals surface area contributed by atoms with E-state index in [1.54, 1.807) is 14.2 Å². The summed E-state index contributed by atoms with van der Waals surface area (Å²) in [7, 11) is 5.46. The molecule has 9 nitrogen and oxygen atoms in total. The Balaban J connectivity index is 1.52. The Morgan fingerprint density at radius 2 is 1.77 bits per heavy atom. The number of hydrogen-bond acceptors (Lipinski definition) is 7. The number of hydrogen-bond donors (Lipinski definition) is 1. The smallest absolute Gasteiger partial charge is 0.289 e. The molecule has 1 aliphatic heterocycles. The van der Waals surface area contributed by atoms with Gasteiger partial charge < -0.3 is 29.7 Å². The van der Waals surface area contributed by atoms with Crippen molar-refractivity contribution in [1.82, 2.24) is 24.9 Å². The molecule has 9 heteroatoms. The number of carbonyl (C=O) groups excluding carboxylic acids is 2. The van der Waals surface area contributed by atoms with Crippen molar-refractivity contribution >= 4 is 17.6 Å². The molecule has 39 heavy (non-hydrogen) atoms. The predicted octanol–water partition coefficient (Wildman–Crippen LogP) is 2.40. The molecule has 1 aromatic rings. The summed E-state index contributed by atoms with van der Waals surface area (Å²) in [6.07, 6.45) is 10.5. The summed E-state index contributed by atoms with van der Waals surface area (Å²) in [5, 5.41) is 2.98. The summed E-state index contributed by atoms with van der Waals surface area (Å²) >= 11 is 0. The quantitative estimate of drug-likeness (QED) is 0.348. The number of unbranched alkanes of at least 4 members (excludes halogenated alkanes) is 1. The zero-order chi connectivity index (χ0) is 28.2. The zero-order valence-electron chi connectivity index (χ0n) is 24.3. The van der Waals surface area contributed by atoms with E-state index in [4.69, 9.17) is 9.73 Å². The van der Waals surface area contributed by atoms with Crippen LogP contribution in [0.15, 0.2) is 53.6 Å². The summed E-state index contributed by atoms with van der Waals surface area (Å²) in [6, 6.07) is 7.68. The maximum absolute atomic E-state index is 13.5. The number of nitrogens with one attached hydrogen (secondary N) is 1. The summed E-state index contributed by atoms with van der Waals surface area (Å²) in [6.45, 7) is 10.2. The maximum Gasteiger partial charge on any atom is 0.289 e. The van der Waals surface area contributed by atoms with Gasteiger partial charge in [0.2, 0.25) is 5.91 Å². The van der Waals surface area contributed by atoms with Crippen molar-refractivity contribution in [1.29, 1.82) is 0 Å². The normalized spacial score (nSPS) is 17.9. The van der Waals surface area contributed by atoms with Gasteiger partial charge in [-0.3, -0.25) is 14.6 Å². The van der Waals surface area contributed by atoms with Crippen molar-refractivity contribution < 1.29 is 14.3 Å². The Morgan fingerprint density at radius 1 is 1.03 bits per heavy atom. The van der Waals surface area contributed by atoms with Gasteiger partial charge in [-0.05, 0) is 44.3 Å². The van der Waals surface area contributed by atoms with Gasteiger partial charge in [-0.1, -0.05) is 56.7 Å². The molecule has 1 aromatic carbocycles. The molecule has 2 atom stereocenters. The second-order valence-corrected chi connectivity index (χ2v) is 10.3. The van der Waals surface area contributed by atoms with Gasteiger partial charge in [0.1, 0.15) is 5.75 Å². The van der Waals surface area contributed by atoms with Crippen molar-refractivity contribution in [2.24, 2.45) is 4.99 Å². The molecule has 1 N–H and O–H groups in total. The van der Waals surface area contributed by atoms with Crippen LogP contribution in [0.25, 0.3) is 0 Å². The van der Waals surface area contributed by atoms with Crippen molar-refractivity contribution in [2.45, 2.75) is 45.3 Å². The summed E-state index contributed by atoms with van der Waals surface area (Å²) in [4.78, 5) is 39.1. The van der Waals surface area contributed by atoms with Gasteiger partial charge in [0.25, 0.3) is 5.91 Å². The van der Waals surface area contributed by atoms with E-state index in [9.17, 15) is 9.59 Å². The molecular weight excluding hydrogens is 492 g/mol. The number of allylic oxidation sites excluding steroid dienone is 2. The molecule has 0 aromatic heterocycles. The van der Waals surface area contributed by atoms with Crippen LogP contribution in [-0.2, 0) is 16.1 Å². The fraction of sp³-hybridized carbons (Fsp3) is 0.567. The number of aliphatic imine (C=N–C) groups is 1. The van der Waals surface area contributed by atoms with Crippen LogP contribution in [0.2, 0.25) is 0 Å². The molecule has 0 fully saturated rings. The lowest BCUT2D eigenvalue weighted by Crippen LogP contribution is -2.48. The lowest BCUT2D eigenvalue weighted by atomic mass is 10.0. The molecule has 2 amide bonds. The highest BCUT2D eigenvalue weighted by Gasteiger charge is 2.38. The number of fused-ring (bicyclic) bond motifs is 1. The Hall–Kier alpha value is -3.17. The Bertz CT molecular complexity index is 1020. The maximum atomic E-state index is 13.5. The summed E-state index contributed by atoms with van der Waals surface area (Å²) < 4.78 is 5.27. The van der Waals surface area contributed by atoms with Crippen LogP contribution >= 0.6 is 0 Å². The predicted molar refractivity (Wildman–Crippen MR) is 157 cm³/mol. The van der Waals surface area contributed by atoms with Gasteiger partial charge in [0.15, 0.2) is 5.84 Å². The van der Waals surface area contributed by atoms with Gasteiger partial charge in [-0.15, -0.1) is 0 Å². The van der Waals surface area contributed by atoms with E-state index in [-0.39, 0.29) is 30.4 Å². The van der Waals surface area contributed by atoms with Gasteiger partial charge in [0, 0.05) is 39.8 Å². The van der Waals surface area contributed by atoms with E-state index < -0.39 is 0 Å². The number of nitrogens with zero attached hydrogens (tertiary/aromatic N) is 5.